The summed E-state index contributed by atoms with van der Waals surface area (Å²) < 4.78 is 21.4. The van der Waals surface area contributed by atoms with E-state index in [0.29, 0.717) is 18.7 Å². The van der Waals surface area contributed by atoms with E-state index in [-0.39, 0.29) is 11.6 Å². The van der Waals surface area contributed by atoms with Crippen LogP contribution < -0.4 is 10.2 Å². The van der Waals surface area contributed by atoms with Gasteiger partial charge in [0.15, 0.2) is 0 Å². The Morgan fingerprint density at radius 2 is 2.15 bits per heavy atom. The van der Waals surface area contributed by atoms with E-state index in [1.165, 1.54) is 11.0 Å². The molecule has 1 atom stereocenters. The third kappa shape index (κ3) is 3.84. The Bertz CT molecular complexity index is 814. The molecule has 1 fully saturated rings. The Morgan fingerprint density at radius 3 is 2.77 bits per heavy atom. The molecule has 0 unspecified atom stereocenters. The second kappa shape index (κ2) is 6.78. The van der Waals surface area contributed by atoms with Gasteiger partial charge >= 0.3 is 6.09 Å². The summed E-state index contributed by atoms with van der Waals surface area (Å²) in [7, 11) is 0. The van der Waals surface area contributed by atoms with Crippen LogP contribution >= 0.6 is 0 Å². The Kier molecular flexibility index (Phi) is 4.67. The molecular formula is C18H21FN4O3. The van der Waals surface area contributed by atoms with Crippen molar-refractivity contribution in [2.45, 2.75) is 38.8 Å². The number of ether oxygens (including phenoxy) is 1. The Labute approximate surface area is 150 Å². The Balaban J connectivity index is 1.71. The van der Waals surface area contributed by atoms with E-state index in [2.05, 4.69) is 10.3 Å². The average Bonchev–Trinajstić information content (AvgIpc) is 3.17. The number of imidazole rings is 1. The third-order valence-corrected chi connectivity index (χ3v) is 3.92. The molecule has 7 nitrogen and oxygen atoms in total. The van der Waals surface area contributed by atoms with Crippen LogP contribution in [-0.2, 0) is 9.53 Å². The molecule has 138 valence electrons. The van der Waals surface area contributed by atoms with Crippen molar-refractivity contribution in [3.05, 3.63) is 42.7 Å². The molecule has 1 aliphatic heterocycles. The molecule has 1 aromatic heterocycles. The summed E-state index contributed by atoms with van der Waals surface area (Å²) in [6.45, 7) is 5.55. The molecule has 26 heavy (non-hydrogen) atoms. The van der Waals surface area contributed by atoms with Crippen molar-refractivity contribution in [3.8, 4) is 5.69 Å². The first kappa shape index (κ1) is 17.9. The van der Waals surface area contributed by atoms with Gasteiger partial charge in [-0.05, 0) is 39.3 Å². The van der Waals surface area contributed by atoms with Gasteiger partial charge < -0.3 is 19.5 Å². The summed E-state index contributed by atoms with van der Waals surface area (Å²) in [6, 6.07) is 3.89. The number of aromatic nitrogens is 2. The third-order valence-electron chi connectivity index (χ3n) is 3.92. The lowest BCUT2D eigenvalue weighted by atomic mass is 10.2. The van der Waals surface area contributed by atoms with E-state index in [1.54, 1.807) is 56.2 Å². The highest BCUT2D eigenvalue weighted by Crippen LogP contribution is 2.26. The molecule has 0 radical (unpaired) electrons. The lowest BCUT2D eigenvalue weighted by molar-refractivity contribution is -0.118. The van der Waals surface area contributed by atoms with Crippen LogP contribution in [0.25, 0.3) is 5.69 Å². The molecule has 2 aromatic rings. The first-order valence-corrected chi connectivity index (χ1v) is 8.33. The SMILES string of the molecule is CC(C)(C)OC(=O)N[C@H]1CCN(c2ccc(-n3ccnc3)cc2F)C1=O. The minimum atomic E-state index is -0.724. The maximum Gasteiger partial charge on any atom is 0.408 e. The number of anilines is 1. The normalized spacial score (nSPS) is 17.5. The first-order valence-electron chi connectivity index (χ1n) is 8.33. The molecule has 0 saturated carbocycles. The maximum atomic E-state index is 14.5. The van der Waals surface area contributed by atoms with E-state index >= 15 is 0 Å². The second-order valence-corrected chi connectivity index (χ2v) is 7.08. The molecule has 2 heterocycles. The number of nitrogens with zero attached hydrogens (tertiary/aromatic N) is 3. The van der Waals surface area contributed by atoms with Crippen LogP contribution in [0.5, 0.6) is 0 Å². The summed E-state index contributed by atoms with van der Waals surface area (Å²) in [4.78, 5) is 29.7. The molecule has 0 bridgehead atoms. The molecule has 1 N–H and O–H groups in total. The van der Waals surface area contributed by atoms with Gasteiger partial charge in [0, 0.05) is 30.7 Å². The second-order valence-electron chi connectivity index (χ2n) is 7.08. The van der Waals surface area contributed by atoms with Crippen molar-refractivity contribution < 1.29 is 18.7 Å². The standard InChI is InChI=1S/C18H21FN4O3/c1-18(2,3)26-17(25)21-14-6-8-23(16(14)24)15-5-4-12(10-13(15)19)22-9-7-20-11-22/h4-5,7,9-11,14H,6,8H2,1-3H3,(H,21,25)/t14-/m0/s1. The van der Waals surface area contributed by atoms with Crippen LogP contribution in [0.15, 0.2) is 36.9 Å². The molecule has 8 heteroatoms. The predicted molar refractivity (Wildman–Crippen MR) is 93.6 cm³/mol. The molecular weight excluding hydrogens is 339 g/mol. The number of carbonyl (C=O) groups is 2. The topological polar surface area (TPSA) is 76.5 Å². The van der Waals surface area contributed by atoms with Crippen LogP contribution in [0.1, 0.15) is 27.2 Å². The minimum absolute atomic E-state index is 0.187. The van der Waals surface area contributed by atoms with Crippen LogP contribution in [0.2, 0.25) is 0 Å². The highest BCUT2D eigenvalue weighted by molar-refractivity contribution is 6.01. The summed E-state index contributed by atoms with van der Waals surface area (Å²) in [5, 5.41) is 2.55. The number of carbonyl (C=O) groups excluding carboxylic acids is 2. The number of hydrogen-bond donors (Lipinski definition) is 1. The summed E-state index contributed by atoms with van der Waals surface area (Å²) in [6.07, 6.45) is 4.60. The van der Waals surface area contributed by atoms with E-state index < -0.39 is 23.6 Å². The number of alkyl carbamates (subject to hydrolysis) is 1. The van der Waals surface area contributed by atoms with E-state index in [0.717, 1.165) is 0 Å². The lowest BCUT2D eigenvalue weighted by Gasteiger charge is -2.22. The lowest BCUT2D eigenvalue weighted by Crippen LogP contribution is -2.43. The molecule has 1 saturated heterocycles. The maximum absolute atomic E-state index is 14.5. The predicted octanol–water partition coefficient (Wildman–Crippen LogP) is 2.64. The molecule has 2 amide bonds. The van der Waals surface area contributed by atoms with Crippen molar-refractivity contribution in [2.24, 2.45) is 0 Å². The zero-order valence-corrected chi connectivity index (χ0v) is 14.9. The zero-order valence-electron chi connectivity index (χ0n) is 14.9. The van der Waals surface area contributed by atoms with Crippen LogP contribution in [-0.4, -0.2) is 39.7 Å². The molecule has 3 rings (SSSR count). The highest BCUT2D eigenvalue weighted by atomic mass is 19.1. The quantitative estimate of drug-likeness (QED) is 0.913. The monoisotopic (exact) mass is 360 g/mol. The van der Waals surface area contributed by atoms with Gasteiger partial charge in [0.05, 0.1) is 12.0 Å². The van der Waals surface area contributed by atoms with E-state index in [4.69, 9.17) is 4.74 Å². The fraction of sp³-hybridized carbons (Fsp3) is 0.389. The minimum Gasteiger partial charge on any atom is -0.444 e. The Morgan fingerprint density at radius 1 is 1.38 bits per heavy atom. The average molecular weight is 360 g/mol. The number of nitrogens with one attached hydrogen (secondary N) is 1. The van der Waals surface area contributed by atoms with Gasteiger partial charge in [0.25, 0.3) is 0 Å². The molecule has 0 aliphatic carbocycles. The van der Waals surface area contributed by atoms with Crippen LogP contribution in [0.4, 0.5) is 14.9 Å². The van der Waals surface area contributed by atoms with Gasteiger partial charge in [0.2, 0.25) is 5.91 Å². The highest BCUT2D eigenvalue weighted by Gasteiger charge is 2.35. The summed E-state index contributed by atoms with van der Waals surface area (Å²) >= 11 is 0. The van der Waals surface area contributed by atoms with Crippen molar-refractivity contribution in [3.63, 3.8) is 0 Å². The number of hydrogen-bond acceptors (Lipinski definition) is 4. The van der Waals surface area contributed by atoms with Gasteiger partial charge in [0.1, 0.15) is 17.5 Å². The van der Waals surface area contributed by atoms with Gasteiger partial charge in [-0.3, -0.25) is 4.79 Å². The van der Waals surface area contributed by atoms with Gasteiger partial charge in [-0.25, -0.2) is 14.2 Å². The zero-order chi connectivity index (χ0) is 18.9. The smallest absolute Gasteiger partial charge is 0.408 e. The van der Waals surface area contributed by atoms with Crippen LogP contribution in [0.3, 0.4) is 0 Å². The Hall–Kier alpha value is -2.90. The molecule has 0 spiro atoms. The van der Waals surface area contributed by atoms with Crippen molar-refractivity contribution in [1.29, 1.82) is 0 Å². The van der Waals surface area contributed by atoms with E-state index in [1.807, 2.05) is 0 Å². The van der Waals surface area contributed by atoms with E-state index in [9.17, 15) is 14.0 Å². The number of halogens is 1. The van der Waals surface area contributed by atoms with Crippen molar-refractivity contribution >= 4 is 17.7 Å². The number of benzene rings is 1. The first-order chi connectivity index (χ1) is 12.2. The fourth-order valence-corrected chi connectivity index (χ4v) is 2.79. The van der Waals surface area contributed by atoms with Crippen molar-refractivity contribution in [1.82, 2.24) is 14.9 Å². The largest absolute Gasteiger partial charge is 0.444 e. The number of amides is 2. The summed E-state index contributed by atoms with van der Waals surface area (Å²) in [5.74, 6) is -0.868. The van der Waals surface area contributed by atoms with Gasteiger partial charge in [-0.15, -0.1) is 0 Å². The number of rotatable bonds is 3. The van der Waals surface area contributed by atoms with Crippen LogP contribution in [0, 0.1) is 5.82 Å². The fourth-order valence-electron chi connectivity index (χ4n) is 2.79. The van der Waals surface area contributed by atoms with Gasteiger partial charge in [-0.1, -0.05) is 0 Å². The molecule has 1 aromatic carbocycles. The molecule has 1 aliphatic rings. The summed E-state index contributed by atoms with van der Waals surface area (Å²) in [5.41, 5.74) is 0.145. The van der Waals surface area contributed by atoms with Gasteiger partial charge in [-0.2, -0.15) is 0 Å². The van der Waals surface area contributed by atoms with Crippen molar-refractivity contribution in [2.75, 3.05) is 11.4 Å².